The second-order valence-corrected chi connectivity index (χ2v) is 5.77. The Bertz CT molecular complexity index is 508. The molecule has 1 aliphatic heterocycles. The average Bonchev–Trinajstić information content (AvgIpc) is 2.54. The Hall–Kier alpha value is -1.95. The van der Waals surface area contributed by atoms with E-state index in [1.807, 2.05) is 6.92 Å². The van der Waals surface area contributed by atoms with Crippen LogP contribution in [0.4, 0.5) is 5.69 Å². The van der Waals surface area contributed by atoms with Crippen LogP contribution in [0.3, 0.4) is 0 Å². The van der Waals surface area contributed by atoms with Crippen molar-refractivity contribution >= 4 is 11.6 Å². The first-order valence-electron chi connectivity index (χ1n) is 7.83. The summed E-state index contributed by atoms with van der Waals surface area (Å²) in [6, 6.07) is 6.69. The number of nitrogens with zero attached hydrogens (tertiary/aromatic N) is 2. The molecule has 1 fully saturated rings. The number of piperidine rings is 1. The van der Waals surface area contributed by atoms with Crippen LogP contribution in [0.25, 0.3) is 0 Å². The fraction of sp³-hybridized carbons (Fsp3) is 0.562. The molecule has 0 unspecified atom stereocenters. The summed E-state index contributed by atoms with van der Waals surface area (Å²) in [6.45, 7) is 5.36. The van der Waals surface area contributed by atoms with Crippen molar-refractivity contribution in [3.05, 3.63) is 39.9 Å². The lowest BCUT2D eigenvalue weighted by atomic mass is 9.95. The van der Waals surface area contributed by atoms with E-state index in [-0.39, 0.29) is 22.4 Å². The maximum Gasteiger partial charge on any atom is 0.269 e. The summed E-state index contributed by atoms with van der Waals surface area (Å²) in [5.41, 5.74) is 1.19. The summed E-state index contributed by atoms with van der Waals surface area (Å²) in [5.74, 6) is 0.302. The van der Waals surface area contributed by atoms with Gasteiger partial charge in [0.1, 0.15) is 0 Å². The number of amides is 1. The second-order valence-electron chi connectivity index (χ2n) is 5.77. The van der Waals surface area contributed by atoms with E-state index in [4.69, 9.17) is 0 Å². The van der Waals surface area contributed by atoms with Gasteiger partial charge < -0.3 is 5.32 Å². The van der Waals surface area contributed by atoms with Crippen molar-refractivity contribution in [2.24, 2.45) is 5.92 Å². The molecule has 0 aliphatic carbocycles. The number of hydrogen-bond donors (Lipinski definition) is 1. The van der Waals surface area contributed by atoms with Gasteiger partial charge in [0, 0.05) is 31.1 Å². The Kier molecular flexibility index (Phi) is 5.89. The third kappa shape index (κ3) is 4.53. The molecular weight excluding hydrogens is 282 g/mol. The molecule has 0 atom stereocenters. The van der Waals surface area contributed by atoms with Crippen molar-refractivity contribution < 1.29 is 9.72 Å². The molecule has 2 rings (SSSR count). The quantitative estimate of drug-likeness (QED) is 0.646. The van der Waals surface area contributed by atoms with Crippen LogP contribution in [-0.4, -0.2) is 35.4 Å². The van der Waals surface area contributed by atoms with Gasteiger partial charge in [-0.05, 0) is 37.9 Å². The first-order chi connectivity index (χ1) is 10.6. The molecule has 0 bridgehead atoms. The maximum atomic E-state index is 11.9. The minimum atomic E-state index is -0.385. The summed E-state index contributed by atoms with van der Waals surface area (Å²) >= 11 is 0. The molecule has 1 amide bonds. The van der Waals surface area contributed by atoms with Crippen molar-refractivity contribution in [1.29, 1.82) is 0 Å². The predicted octanol–water partition coefficient (Wildman–Crippen LogP) is 2.33. The summed E-state index contributed by atoms with van der Waals surface area (Å²) in [6.07, 6.45) is 2.72. The van der Waals surface area contributed by atoms with Crippen LogP contribution < -0.4 is 5.32 Å². The summed E-state index contributed by atoms with van der Waals surface area (Å²) in [7, 11) is 0. The van der Waals surface area contributed by atoms with Crippen LogP contribution in [-0.2, 0) is 11.3 Å². The van der Waals surface area contributed by atoms with Gasteiger partial charge >= 0.3 is 0 Å². The molecule has 1 aromatic rings. The molecule has 1 heterocycles. The zero-order valence-electron chi connectivity index (χ0n) is 13.0. The van der Waals surface area contributed by atoms with Crippen LogP contribution in [0, 0.1) is 16.0 Å². The average molecular weight is 305 g/mol. The molecule has 0 aromatic heterocycles. The van der Waals surface area contributed by atoms with E-state index in [9.17, 15) is 14.9 Å². The summed E-state index contributed by atoms with van der Waals surface area (Å²) < 4.78 is 0. The maximum absolute atomic E-state index is 11.9. The van der Waals surface area contributed by atoms with Gasteiger partial charge in [-0.15, -0.1) is 0 Å². The van der Waals surface area contributed by atoms with Crippen molar-refractivity contribution in [3.8, 4) is 0 Å². The van der Waals surface area contributed by atoms with Crippen LogP contribution in [0.2, 0.25) is 0 Å². The molecule has 1 aliphatic rings. The van der Waals surface area contributed by atoms with E-state index in [1.165, 1.54) is 0 Å². The Morgan fingerprint density at radius 3 is 2.50 bits per heavy atom. The van der Waals surface area contributed by atoms with E-state index in [2.05, 4.69) is 10.2 Å². The van der Waals surface area contributed by atoms with Crippen molar-refractivity contribution in [2.75, 3.05) is 19.6 Å². The van der Waals surface area contributed by atoms with Crippen molar-refractivity contribution in [2.45, 2.75) is 32.7 Å². The van der Waals surface area contributed by atoms with Gasteiger partial charge in [0.25, 0.3) is 5.69 Å². The number of carbonyl (C=O) groups is 1. The van der Waals surface area contributed by atoms with Crippen LogP contribution >= 0.6 is 0 Å². The lowest BCUT2D eigenvalue weighted by Crippen LogP contribution is -2.40. The minimum Gasteiger partial charge on any atom is -0.356 e. The highest BCUT2D eigenvalue weighted by Crippen LogP contribution is 2.20. The number of rotatable bonds is 6. The standard InChI is InChI=1S/C16H23N3O3/c1-2-9-17-16(20)14-7-10-18(11-8-14)12-13-3-5-15(6-4-13)19(21)22/h3-6,14H,2,7-12H2,1H3,(H,17,20). The molecular formula is C16H23N3O3. The zero-order chi connectivity index (χ0) is 15.9. The highest BCUT2D eigenvalue weighted by atomic mass is 16.6. The monoisotopic (exact) mass is 305 g/mol. The molecule has 6 nitrogen and oxygen atoms in total. The Morgan fingerprint density at radius 1 is 1.32 bits per heavy atom. The molecule has 1 N–H and O–H groups in total. The zero-order valence-corrected chi connectivity index (χ0v) is 13.0. The lowest BCUT2D eigenvalue weighted by Gasteiger charge is -2.31. The third-order valence-electron chi connectivity index (χ3n) is 4.06. The normalized spacial score (nSPS) is 16.4. The van der Waals surface area contributed by atoms with Gasteiger partial charge in [0.15, 0.2) is 0 Å². The highest BCUT2D eigenvalue weighted by molar-refractivity contribution is 5.78. The molecule has 0 spiro atoms. The fourth-order valence-corrected chi connectivity index (χ4v) is 2.73. The molecule has 1 aromatic carbocycles. The smallest absolute Gasteiger partial charge is 0.269 e. The summed E-state index contributed by atoms with van der Waals surface area (Å²) in [4.78, 5) is 24.5. The van der Waals surface area contributed by atoms with Crippen LogP contribution in [0.1, 0.15) is 31.7 Å². The number of likely N-dealkylation sites (tertiary alicyclic amines) is 1. The summed E-state index contributed by atoms with van der Waals surface area (Å²) in [5, 5.41) is 13.6. The molecule has 22 heavy (non-hydrogen) atoms. The number of benzene rings is 1. The Balaban J connectivity index is 1.79. The molecule has 0 radical (unpaired) electrons. The topological polar surface area (TPSA) is 75.5 Å². The lowest BCUT2D eigenvalue weighted by molar-refractivity contribution is -0.384. The van der Waals surface area contributed by atoms with Crippen LogP contribution in [0.5, 0.6) is 0 Å². The van der Waals surface area contributed by atoms with Crippen LogP contribution in [0.15, 0.2) is 24.3 Å². The number of nitro benzene ring substituents is 1. The predicted molar refractivity (Wildman–Crippen MR) is 84.4 cm³/mol. The Morgan fingerprint density at radius 2 is 1.95 bits per heavy atom. The van der Waals surface area contributed by atoms with Gasteiger partial charge in [-0.25, -0.2) is 0 Å². The van der Waals surface area contributed by atoms with Gasteiger partial charge in [0.2, 0.25) is 5.91 Å². The second kappa shape index (κ2) is 7.89. The number of nitro groups is 1. The van der Waals surface area contributed by atoms with Gasteiger partial charge in [-0.3, -0.25) is 19.8 Å². The fourth-order valence-electron chi connectivity index (χ4n) is 2.73. The van der Waals surface area contributed by atoms with Gasteiger partial charge in [0.05, 0.1) is 4.92 Å². The molecule has 120 valence electrons. The molecule has 1 saturated heterocycles. The molecule has 0 saturated carbocycles. The van der Waals surface area contributed by atoms with E-state index >= 15 is 0 Å². The Labute approximate surface area is 130 Å². The van der Waals surface area contributed by atoms with E-state index in [0.29, 0.717) is 0 Å². The SMILES string of the molecule is CCCNC(=O)C1CCN(Cc2ccc([N+](=O)[O-])cc2)CC1. The number of nitrogens with one attached hydrogen (secondary N) is 1. The highest BCUT2D eigenvalue weighted by Gasteiger charge is 2.24. The van der Waals surface area contributed by atoms with Crippen molar-refractivity contribution in [1.82, 2.24) is 10.2 Å². The number of non-ortho nitro benzene ring substituents is 1. The van der Waals surface area contributed by atoms with Crippen molar-refractivity contribution in [3.63, 3.8) is 0 Å². The van der Waals surface area contributed by atoms with E-state index in [1.54, 1.807) is 24.3 Å². The first-order valence-corrected chi connectivity index (χ1v) is 7.83. The largest absolute Gasteiger partial charge is 0.356 e. The van der Waals surface area contributed by atoms with E-state index in [0.717, 1.165) is 51.0 Å². The molecule has 6 heteroatoms. The van der Waals surface area contributed by atoms with Gasteiger partial charge in [-0.2, -0.15) is 0 Å². The third-order valence-corrected chi connectivity index (χ3v) is 4.06. The number of hydrogen-bond acceptors (Lipinski definition) is 4. The van der Waals surface area contributed by atoms with E-state index < -0.39 is 0 Å². The van der Waals surface area contributed by atoms with Gasteiger partial charge in [-0.1, -0.05) is 19.1 Å². The number of carbonyl (C=O) groups excluding carboxylic acids is 1. The first kappa shape index (κ1) is 16.4. The minimum absolute atomic E-state index is 0.120.